The predicted molar refractivity (Wildman–Crippen MR) is 124 cm³/mol. The number of hydrogen-bond donors (Lipinski definition) is 0. The Hall–Kier alpha value is -1.45. The molecule has 0 aromatic heterocycles. The number of ether oxygens (including phenoxy) is 1. The number of fused-ring (bicyclic) bond motifs is 5. The lowest BCUT2D eigenvalue weighted by atomic mass is 9.47. The number of methoxy groups -OCH3 is 1. The normalized spacial score (nSPS) is 42.1. The van der Waals surface area contributed by atoms with Crippen molar-refractivity contribution in [3.8, 4) is 0 Å². The zero-order valence-electron chi connectivity index (χ0n) is 20.0. The first-order valence-electron chi connectivity index (χ1n) is 12.6. The van der Waals surface area contributed by atoms with Crippen LogP contribution in [-0.2, 0) is 9.53 Å². The topological polar surface area (TPSA) is 55.7 Å². The summed E-state index contributed by atoms with van der Waals surface area (Å²) in [7, 11) is 1.47. The quantitative estimate of drug-likeness (QED) is 0.199. The summed E-state index contributed by atoms with van der Waals surface area (Å²) in [4.78, 5) is 22.5. The molecule has 4 heteroatoms. The van der Waals surface area contributed by atoms with Crippen molar-refractivity contribution in [2.75, 3.05) is 7.11 Å². The summed E-state index contributed by atoms with van der Waals surface area (Å²) in [5.41, 5.74) is 3.80. The van der Waals surface area contributed by atoms with Crippen molar-refractivity contribution >= 4 is 5.97 Å². The molecule has 172 valence electrons. The number of nitrogens with zero attached hydrogens (tertiary/aromatic N) is 1. The number of esters is 1. The molecule has 0 N–H and O–H groups in total. The van der Waals surface area contributed by atoms with Crippen molar-refractivity contribution < 1.29 is 9.53 Å². The summed E-state index contributed by atoms with van der Waals surface area (Å²) < 4.78 is 4.77. The fourth-order valence-corrected chi connectivity index (χ4v) is 8.30. The third-order valence-electron chi connectivity index (χ3n) is 10.1. The number of nitroso groups, excluding NO2 is 1. The fourth-order valence-electron chi connectivity index (χ4n) is 8.30. The van der Waals surface area contributed by atoms with Crippen molar-refractivity contribution in [2.45, 2.75) is 97.4 Å². The highest BCUT2D eigenvalue weighted by Crippen LogP contribution is 2.67. The van der Waals surface area contributed by atoms with Crippen LogP contribution in [0.15, 0.2) is 28.5 Å². The molecule has 0 aromatic rings. The van der Waals surface area contributed by atoms with E-state index in [1.165, 1.54) is 39.2 Å². The maximum Gasteiger partial charge on any atom is 0.305 e. The van der Waals surface area contributed by atoms with Gasteiger partial charge in [-0.1, -0.05) is 42.3 Å². The van der Waals surface area contributed by atoms with Gasteiger partial charge in [-0.3, -0.25) is 4.79 Å². The second-order valence-electron chi connectivity index (χ2n) is 11.4. The molecule has 0 spiro atoms. The second kappa shape index (κ2) is 8.83. The molecule has 3 fully saturated rings. The molecule has 0 radical (unpaired) electrons. The number of unbranched alkanes of at least 4 members (excludes halogenated alkanes) is 1. The average Bonchev–Trinajstić information content (AvgIpc) is 3.13. The van der Waals surface area contributed by atoms with Crippen LogP contribution >= 0.6 is 0 Å². The summed E-state index contributed by atoms with van der Waals surface area (Å²) in [6.45, 7) is 7.40. The van der Waals surface area contributed by atoms with Crippen molar-refractivity contribution in [2.24, 2.45) is 39.7 Å². The van der Waals surface area contributed by atoms with Gasteiger partial charge in [0.25, 0.3) is 0 Å². The molecule has 0 bridgehead atoms. The SMILES string of the molecule is COC(=O)CCC/C=C(\C)[C@H]1CCC2C3CC=C4C[C@@H](N=O)CC[C@]4(C)C3CC[C@@]21C. The molecule has 0 aromatic carbocycles. The Morgan fingerprint density at radius 2 is 2.00 bits per heavy atom. The van der Waals surface area contributed by atoms with Crippen LogP contribution in [0.4, 0.5) is 0 Å². The van der Waals surface area contributed by atoms with Gasteiger partial charge in [-0.15, -0.1) is 0 Å². The molecule has 31 heavy (non-hydrogen) atoms. The Balaban J connectivity index is 1.47. The maximum absolute atomic E-state index is 11.4. The zero-order chi connectivity index (χ0) is 22.2. The van der Waals surface area contributed by atoms with E-state index in [0.717, 1.165) is 49.9 Å². The van der Waals surface area contributed by atoms with Crippen LogP contribution in [0.25, 0.3) is 0 Å². The summed E-state index contributed by atoms with van der Waals surface area (Å²) in [6, 6.07) is 0.00700. The van der Waals surface area contributed by atoms with Gasteiger partial charge in [-0.2, -0.15) is 4.91 Å². The minimum absolute atomic E-state index is 0.00700. The summed E-state index contributed by atoms with van der Waals surface area (Å²) >= 11 is 0. The molecule has 7 atom stereocenters. The van der Waals surface area contributed by atoms with Gasteiger partial charge < -0.3 is 4.74 Å². The smallest absolute Gasteiger partial charge is 0.305 e. The molecule has 4 nitrogen and oxygen atoms in total. The van der Waals surface area contributed by atoms with Gasteiger partial charge in [0.05, 0.1) is 13.2 Å². The van der Waals surface area contributed by atoms with Crippen molar-refractivity contribution in [1.82, 2.24) is 0 Å². The summed E-state index contributed by atoms with van der Waals surface area (Å²) in [5, 5.41) is 3.39. The number of carbonyl (C=O) groups is 1. The lowest BCUT2D eigenvalue weighted by Crippen LogP contribution is -2.50. The summed E-state index contributed by atoms with van der Waals surface area (Å²) in [5.74, 6) is 2.97. The molecule has 0 aliphatic heterocycles. The Morgan fingerprint density at radius 1 is 1.19 bits per heavy atom. The first kappa shape index (κ1) is 22.7. The van der Waals surface area contributed by atoms with Gasteiger partial charge in [-0.25, -0.2) is 0 Å². The van der Waals surface area contributed by atoms with E-state index in [-0.39, 0.29) is 12.0 Å². The Kier molecular flexibility index (Phi) is 6.47. The van der Waals surface area contributed by atoms with Crippen molar-refractivity contribution in [1.29, 1.82) is 0 Å². The maximum atomic E-state index is 11.4. The van der Waals surface area contributed by atoms with Gasteiger partial charge in [-0.05, 0) is 106 Å². The van der Waals surface area contributed by atoms with Crippen LogP contribution in [0, 0.1) is 39.4 Å². The highest BCUT2D eigenvalue weighted by Gasteiger charge is 2.58. The average molecular weight is 428 g/mol. The molecular weight excluding hydrogens is 386 g/mol. The molecule has 4 aliphatic carbocycles. The Labute approximate surface area is 188 Å². The highest BCUT2D eigenvalue weighted by atomic mass is 16.5. The standard InChI is InChI=1S/C27H41NO3/c1-18(7-5-6-8-25(29)31-4)22-11-12-23-21-10-9-19-17-20(28-30)13-15-26(19,2)24(21)14-16-27(22,23)3/h7,9,20-24H,5-6,8,10-17H2,1-4H3/b18-7+/t20-,21?,22+,23?,24?,26-,27+/m0/s1. The Bertz CT molecular complexity index is 770. The van der Waals surface area contributed by atoms with E-state index in [9.17, 15) is 9.70 Å². The van der Waals surface area contributed by atoms with Gasteiger partial charge in [0.15, 0.2) is 0 Å². The first-order valence-corrected chi connectivity index (χ1v) is 12.6. The van der Waals surface area contributed by atoms with Crippen LogP contribution in [0.1, 0.15) is 91.4 Å². The minimum Gasteiger partial charge on any atom is -0.469 e. The van der Waals surface area contributed by atoms with Crippen molar-refractivity contribution in [3.63, 3.8) is 0 Å². The number of allylic oxidation sites excluding steroid dienone is 3. The van der Waals surface area contributed by atoms with Gasteiger partial charge in [0.2, 0.25) is 0 Å². The van der Waals surface area contributed by atoms with E-state index in [2.05, 4.69) is 38.1 Å². The lowest BCUT2D eigenvalue weighted by molar-refractivity contribution is -0.140. The van der Waals surface area contributed by atoms with E-state index in [0.29, 0.717) is 23.2 Å². The van der Waals surface area contributed by atoms with E-state index in [4.69, 9.17) is 4.74 Å². The molecule has 0 heterocycles. The lowest BCUT2D eigenvalue weighted by Gasteiger charge is -2.58. The third kappa shape index (κ3) is 3.93. The molecule has 0 saturated heterocycles. The monoisotopic (exact) mass is 427 g/mol. The molecule has 4 rings (SSSR count). The largest absolute Gasteiger partial charge is 0.469 e. The number of carbonyl (C=O) groups excluding carboxylic acids is 1. The van der Waals surface area contributed by atoms with Crippen LogP contribution in [-0.4, -0.2) is 19.1 Å². The molecule has 3 unspecified atom stereocenters. The van der Waals surface area contributed by atoms with E-state index in [1.807, 2.05) is 0 Å². The molecular formula is C27H41NO3. The van der Waals surface area contributed by atoms with E-state index in [1.54, 1.807) is 11.1 Å². The number of hydrogen-bond acceptors (Lipinski definition) is 4. The summed E-state index contributed by atoms with van der Waals surface area (Å²) in [6.07, 6.45) is 16.8. The van der Waals surface area contributed by atoms with Crippen LogP contribution in [0.5, 0.6) is 0 Å². The van der Waals surface area contributed by atoms with Gasteiger partial charge >= 0.3 is 5.97 Å². The van der Waals surface area contributed by atoms with Gasteiger partial charge in [0, 0.05) is 6.42 Å². The van der Waals surface area contributed by atoms with E-state index >= 15 is 0 Å². The third-order valence-corrected chi connectivity index (χ3v) is 10.1. The fraction of sp³-hybridized carbons (Fsp3) is 0.815. The highest BCUT2D eigenvalue weighted by molar-refractivity contribution is 5.69. The minimum atomic E-state index is -0.103. The van der Waals surface area contributed by atoms with Crippen LogP contribution in [0.3, 0.4) is 0 Å². The zero-order valence-corrected chi connectivity index (χ0v) is 20.0. The molecule has 4 aliphatic rings. The number of rotatable bonds is 6. The van der Waals surface area contributed by atoms with Crippen LogP contribution < -0.4 is 0 Å². The second-order valence-corrected chi connectivity index (χ2v) is 11.4. The molecule has 0 amide bonds. The van der Waals surface area contributed by atoms with E-state index < -0.39 is 0 Å². The first-order chi connectivity index (χ1) is 14.8. The molecule has 3 saturated carbocycles. The predicted octanol–water partition coefficient (Wildman–Crippen LogP) is 6.99. The van der Waals surface area contributed by atoms with Crippen molar-refractivity contribution in [3.05, 3.63) is 28.2 Å². The van der Waals surface area contributed by atoms with Gasteiger partial charge in [0.1, 0.15) is 0 Å². The Morgan fingerprint density at radius 3 is 2.74 bits per heavy atom. The van der Waals surface area contributed by atoms with Crippen LogP contribution in [0.2, 0.25) is 0 Å².